The van der Waals surface area contributed by atoms with Crippen LogP contribution < -0.4 is 10.5 Å². The second kappa shape index (κ2) is 12.7. The van der Waals surface area contributed by atoms with E-state index in [0.29, 0.717) is 6.54 Å². The molecule has 0 aliphatic rings. The number of guanidine groups is 1. The zero-order chi connectivity index (χ0) is 18.0. The van der Waals surface area contributed by atoms with Crippen molar-refractivity contribution in [1.29, 1.82) is 0 Å². The van der Waals surface area contributed by atoms with Gasteiger partial charge in [-0.2, -0.15) is 0 Å². The van der Waals surface area contributed by atoms with Gasteiger partial charge in [0.1, 0.15) is 4.21 Å². The number of nitrogens with one attached hydrogen (secondary N) is 1. The van der Waals surface area contributed by atoms with E-state index in [2.05, 4.69) is 21.8 Å². The summed E-state index contributed by atoms with van der Waals surface area (Å²) in [7, 11) is -1.62. The number of thiophene rings is 1. The van der Waals surface area contributed by atoms with E-state index < -0.39 is 10.0 Å². The van der Waals surface area contributed by atoms with Crippen LogP contribution in [0.2, 0.25) is 0 Å². The molecule has 0 aliphatic carbocycles. The number of sulfonamides is 1. The first-order valence-corrected chi connectivity index (χ1v) is 10.5. The molecule has 0 saturated heterocycles. The lowest BCUT2D eigenvalue weighted by Crippen LogP contribution is -2.39. The molecule has 0 unspecified atom stereocenters. The summed E-state index contributed by atoms with van der Waals surface area (Å²) < 4.78 is 22.8. The molecule has 0 radical (unpaired) electrons. The summed E-state index contributed by atoms with van der Waals surface area (Å²) in [6.07, 6.45) is 6.44. The molecule has 3 N–H and O–H groups in total. The Labute approximate surface area is 172 Å². The zero-order valence-electron chi connectivity index (χ0n) is 14.9. The molecule has 0 aliphatic heterocycles. The second-order valence-corrected chi connectivity index (χ2v) is 8.45. The van der Waals surface area contributed by atoms with E-state index in [-0.39, 0.29) is 28.2 Å². The molecule has 25 heavy (non-hydrogen) atoms. The lowest BCUT2D eigenvalue weighted by atomic mass is 10.2. The van der Waals surface area contributed by atoms with Gasteiger partial charge in [0.05, 0.1) is 6.54 Å². The smallest absolute Gasteiger partial charge is 0.247 e. The van der Waals surface area contributed by atoms with Gasteiger partial charge in [-0.1, -0.05) is 12.5 Å². The van der Waals surface area contributed by atoms with Crippen molar-refractivity contribution in [3.8, 4) is 0 Å². The van der Waals surface area contributed by atoms with Crippen molar-refractivity contribution >= 4 is 51.3 Å². The summed E-state index contributed by atoms with van der Waals surface area (Å²) in [5.41, 5.74) is 0. The van der Waals surface area contributed by atoms with E-state index in [0.717, 1.165) is 54.5 Å². The van der Waals surface area contributed by atoms with Crippen LogP contribution in [0.1, 0.15) is 37.5 Å². The molecule has 0 spiro atoms. The topological polar surface area (TPSA) is 87.8 Å². The fourth-order valence-electron chi connectivity index (χ4n) is 2.14. The fraction of sp³-hybridized carbons (Fsp3) is 0.562. The number of aliphatic imine (C=N–C) groups is 1. The van der Waals surface area contributed by atoms with E-state index in [4.69, 9.17) is 5.14 Å². The van der Waals surface area contributed by atoms with Crippen molar-refractivity contribution in [3.63, 3.8) is 0 Å². The largest absolute Gasteiger partial charge is 0.357 e. The van der Waals surface area contributed by atoms with Crippen LogP contribution in [0.25, 0.3) is 0 Å². The standard InChI is InChI=1S/C16H28N4O2S2.HI/c1-4-6-7-8-9-12-20(3)16(18-5-2)19-13-14-10-11-15(23-14)24(17,21)22;/h4,10-11H,1,5-9,12-13H2,2-3H3,(H,18,19)(H2,17,21,22);1H. The first-order chi connectivity index (χ1) is 11.4. The van der Waals surface area contributed by atoms with Crippen molar-refractivity contribution in [2.24, 2.45) is 10.1 Å². The van der Waals surface area contributed by atoms with Gasteiger partial charge >= 0.3 is 0 Å². The Balaban J connectivity index is 0.00000576. The zero-order valence-corrected chi connectivity index (χ0v) is 18.9. The third-order valence-corrected chi connectivity index (χ3v) is 5.91. The van der Waals surface area contributed by atoms with E-state index in [1.54, 1.807) is 6.07 Å². The number of hydrogen-bond donors (Lipinski definition) is 2. The van der Waals surface area contributed by atoms with Crippen LogP contribution in [-0.2, 0) is 16.6 Å². The van der Waals surface area contributed by atoms with Gasteiger partial charge in [-0.15, -0.1) is 41.9 Å². The van der Waals surface area contributed by atoms with Crippen molar-refractivity contribution in [1.82, 2.24) is 10.2 Å². The summed E-state index contributed by atoms with van der Waals surface area (Å²) in [4.78, 5) is 7.56. The molecule has 0 bridgehead atoms. The predicted octanol–water partition coefficient (Wildman–Crippen LogP) is 3.16. The summed E-state index contributed by atoms with van der Waals surface area (Å²) in [6.45, 7) is 7.90. The first kappa shape index (κ1) is 24.4. The van der Waals surface area contributed by atoms with Crippen molar-refractivity contribution in [3.05, 3.63) is 29.7 Å². The third-order valence-electron chi connectivity index (χ3n) is 3.40. The Bertz CT molecular complexity index is 644. The van der Waals surface area contributed by atoms with E-state index >= 15 is 0 Å². The summed E-state index contributed by atoms with van der Waals surface area (Å²) in [5.74, 6) is 0.826. The third kappa shape index (κ3) is 9.57. The quantitative estimate of drug-likeness (QED) is 0.170. The predicted molar refractivity (Wildman–Crippen MR) is 117 cm³/mol. The highest BCUT2D eigenvalue weighted by atomic mass is 127. The van der Waals surface area contributed by atoms with E-state index in [1.807, 2.05) is 20.0 Å². The van der Waals surface area contributed by atoms with Crippen LogP contribution in [0.3, 0.4) is 0 Å². The Morgan fingerprint density at radius 2 is 2.12 bits per heavy atom. The molecule has 6 nitrogen and oxygen atoms in total. The maximum atomic E-state index is 11.3. The normalized spacial score (nSPS) is 11.7. The number of nitrogens with zero attached hydrogens (tertiary/aromatic N) is 2. The van der Waals surface area contributed by atoms with Crippen LogP contribution in [0.5, 0.6) is 0 Å². The van der Waals surface area contributed by atoms with Gasteiger partial charge in [0, 0.05) is 25.0 Å². The Morgan fingerprint density at radius 1 is 1.40 bits per heavy atom. The van der Waals surface area contributed by atoms with Gasteiger partial charge in [0.15, 0.2) is 5.96 Å². The Kier molecular flexibility index (Phi) is 12.3. The molecule has 1 rings (SSSR count). The molecular weight excluding hydrogens is 471 g/mol. The highest BCUT2D eigenvalue weighted by molar-refractivity contribution is 14.0. The van der Waals surface area contributed by atoms with E-state index in [1.165, 1.54) is 12.5 Å². The average Bonchev–Trinajstić information content (AvgIpc) is 3.00. The number of hydrogen-bond acceptors (Lipinski definition) is 4. The van der Waals surface area contributed by atoms with Crippen molar-refractivity contribution in [2.75, 3.05) is 20.1 Å². The number of allylic oxidation sites excluding steroid dienone is 1. The van der Waals surface area contributed by atoms with Crippen LogP contribution >= 0.6 is 35.3 Å². The fourth-order valence-corrected chi connectivity index (χ4v) is 3.84. The number of rotatable bonds is 10. The van der Waals surface area contributed by atoms with Gasteiger partial charge in [-0.3, -0.25) is 0 Å². The average molecular weight is 500 g/mol. The molecular formula is C16H29IN4O2S2. The number of nitrogens with two attached hydrogens (primary N) is 1. The first-order valence-electron chi connectivity index (χ1n) is 8.10. The minimum atomic E-state index is -3.63. The van der Waals surface area contributed by atoms with Gasteiger partial charge < -0.3 is 10.2 Å². The summed E-state index contributed by atoms with van der Waals surface area (Å²) in [5, 5.41) is 8.39. The summed E-state index contributed by atoms with van der Waals surface area (Å²) >= 11 is 1.16. The minimum absolute atomic E-state index is 0. The molecule has 1 aromatic rings. The Hall–Kier alpha value is -0.650. The number of unbranched alkanes of at least 4 members (excludes halogenated alkanes) is 3. The Morgan fingerprint density at radius 3 is 2.68 bits per heavy atom. The van der Waals surface area contributed by atoms with Crippen LogP contribution in [0.4, 0.5) is 0 Å². The second-order valence-electron chi connectivity index (χ2n) is 5.50. The van der Waals surface area contributed by atoms with Gasteiger partial charge in [0.25, 0.3) is 0 Å². The summed E-state index contributed by atoms with van der Waals surface area (Å²) in [6, 6.07) is 3.29. The molecule has 1 aromatic heterocycles. The molecule has 0 amide bonds. The highest BCUT2D eigenvalue weighted by Crippen LogP contribution is 2.20. The SMILES string of the molecule is C=CCCCCCN(C)C(=NCc1ccc(S(N)(=O)=O)s1)NCC.I. The van der Waals surface area contributed by atoms with Gasteiger partial charge in [-0.25, -0.2) is 18.5 Å². The van der Waals surface area contributed by atoms with Gasteiger partial charge in [0.2, 0.25) is 10.0 Å². The maximum absolute atomic E-state index is 11.3. The lowest BCUT2D eigenvalue weighted by molar-refractivity contribution is 0.455. The van der Waals surface area contributed by atoms with Crippen molar-refractivity contribution < 1.29 is 8.42 Å². The monoisotopic (exact) mass is 500 g/mol. The lowest BCUT2D eigenvalue weighted by Gasteiger charge is -2.21. The molecule has 0 saturated carbocycles. The van der Waals surface area contributed by atoms with Gasteiger partial charge in [-0.05, 0) is 38.3 Å². The molecule has 9 heteroatoms. The van der Waals surface area contributed by atoms with Crippen LogP contribution in [0.15, 0.2) is 34.0 Å². The molecule has 0 fully saturated rings. The number of halogens is 1. The number of primary sulfonamides is 1. The minimum Gasteiger partial charge on any atom is -0.357 e. The molecule has 0 aromatic carbocycles. The maximum Gasteiger partial charge on any atom is 0.247 e. The molecule has 1 heterocycles. The molecule has 0 atom stereocenters. The van der Waals surface area contributed by atoms with Crippen molar-refractivity contribution in [2.45, 2.75) is 43.4 Å². The molecule has 144 valence electrons. The van der Waals surface area contributed by atoms with Crippen LogP contribution in [0, 0.1) is 0 Å². The van der Waals surface area contributed by atoms with E-state index in [9.17, 15) is 8.42 Å². The van der Waals surface area contributed by atoms with Crippen LogP contribution in [-0.4, -0.2) is 39.4 Å². The highest BCUT2D eigenvalue weighted by Gasteiger charge is 2.11.